The highest BCUT2D eigenvalue weighted by atomic mass is 16.6. The van der Waals surface area contributed by atoms with Crippen molar-refractivity contribution in [2.24, 2.45) is 0 Å². The molecule has 0 saturated heterocycles. The lowest BCUT2D eigenvalue weighted by molar-refractivity contribution is -0.131. The van der Waals surface area contributed by atoms with Crippen molar-refractivity contribution in [2.45, 2.75) is 51.7 Å². The normalized spacial score (nSPS) is 15.7. The van der Waals surface area contributed by atoms with Crippen molar-refractivity contribution in [1.29, 1.82) is 0 Å². The van der Waals surface area contributed by atoms with Crippen LogP contribution in [0.5, 0.6) is 0 Å². The lowest BCUT2D eigenvalue weighted by Gasteiger charge is -2.32. The number of carbonyl (C=O) groups excluding carboxylic acids is 1. The maximum Gasteiger partial charge on any atom is 0.410 e. The predicted molar refractivity (Wildman–Crippen MR) is 129 cm³/mol. The Morgan fingerprint density at radius 2 is 2.00 bits per heavy atom. The molecule has 33 heavy (non-hydrogen) atoms. The zero-order valence-electron chi connectivity index (χ0n) is 19.3. The molecule has 0 radical (unpaired) electrons. The van der Waals surface area contributed by atoms with Crippen molar-refractivity contribution in [3.63, 3.8) is 0 Å². The van der Waals surface area contributed by atoms with Crippen LogP contribution in [0.1, 0.15) is 55.5 Å². The number of ether oxygens (including phenoxy) is 1. The summed E-state index contributed by atoms with van der Waals surface area (Å²) in [4.78, 5) is 29.2. The number of carboxylic acids is 1. The number of nitrogens with one attached hydrogen (secondary N) is 1. The predicted octanol–water partition coefficient (Wildman–Crippen LogP) is 5.73. The van der Waals surface area contributed by atoms with Gasteiger partial charge in [0.25, 0.3) is 0 Å². The molecule has 6 heteroatoms. The molecule has 0 spiro atoms. The Kier molecular flexibility index (Phi) is 6.27. The Balaban J connectivity index is 1.59. The van der Waals surface area contributed by atoms with Crippen LogP contribution < -0.4 is 0 Å². The molecule has 172 valence electrons. The first-order valence-electron chi connectivity index (χ1n) is 11.3. The minimum Gasteiger partial charge on any atom is -0.478 e. The van der Waals surface area contributed by atoms with Gasteiger partial charge in [-0.15, -0.1) is 0 Å². The van der Waals surface area contributed by atoms with Gasteiger partial charge in [-0.2, -0.15) is 0 Å². The average Bonchev–Trinajstić information content (AvgIpc) is 3.35. The van der Waals surface area contributed by atoms with Crippen LogP contribution in [0, 0.1) is 0 Å². The van der Waals surface area contributed by atoms with Crippen LogP contribution in [-0.4, -0.2) is 39.2 Å². The first-order chi connectivity index (χ1) is 15.7. The van der Waals surface area contributed by atoms with Crippen LogP contribution in [0.15, 0.2) is 54.7 Å². The van der Waals surface area contributed by atoms with Gasteiger partial charge < -0.3 is 19.7 Å². The summed E-state index contributed by atoms with van der Waals surface area (Å²) in [5.74, 6) is -0.971. The third-order valence-electron chi connectivity index (χ3n) is 5.93. The van der Waals surface area contributed by atoms with Crippen molar-refractivity contribution in [1.82, 2.24) is 9.88 Å². The largest absolute Gasteiger partial charge is 0.478 e. The molecule has 1 heterocycles. The van der Waals surface area contributed by atoms with Gasteiger partial charge in [0.05, 0.1) is 6.04 Å². The number of hydrogen-bond donors (Lipinski definition) is 2. The fraction of sp³-hybridized carbons (Fsp3) is 0.333. The van der Waals surface area contributed by atoms with E-state index in [0.29, 0.717) is 13.0 Å². The third-order valence-corrected chi connectivity index (χ3v) is 5.93. The van der Waals surface area contributed by atoms with E-state index in [1.807, 2.05) is 68.3 Å². The Labute approximate surface area is 193 Å². The summed E-state index contributed by atoms with van der Waals surface area (Å²) in [5, 5.41) is 10.1. The number of fused-ring (bicyclic) bond motifs is 2. The van der Waals surface area contributed by atoms with Gasteiger partial charge >= 0.3 is 12.1 Å². The second kappa shape index (κ2) is 9.14. The average molecular weight is 447 g/mol. The van der Waals surface area contributed by atoms with Gasteiger partial charge in [-0.1, -0.05) is 36.4 Å². The van der Waals surface area contributed by atoms with E-state index in [1.165, 1.54) is 10.9 Å². The van der Waals surface area contributed by atoms with E-state index in [1.54, 1.807) is 6.08 Å². The number of nitrogens with zero attached hydrogens (tertiary/aromatic N) is 1. The highest BCUT2D eigenvalue weighted by molar-refractivity contribution is 5.85. The number of rotatable bonds is 6. The molecule has 1 aliphatic carbocycles. The third kappa shape index (κ3) is 5.28. The van der Waals surface area contributed by atoms with Crippen molar-refractivity contribution >= 4 is 29.0 Å². The second-order valence-electron chi connectivity index (χ2n) is 9.47. The molecule has 2 aromatic carbocycles. The van der Waals surface area contributed by atoms with Gasteiger partial charge in [-0.3, -0.25) is 0 Å². The lowest BCUT2D eigenvalue weighted by atomic mass is 10.0. The molecule has 0 aliphatic heterocycles. The molecular formula is C27H30N2O4. The lowest BCUT2D eigenvalue weighted by Crippen LogP contribution is -2.40. The summed E-state index contributed by atoms with van der Waals surface area (Å²) in [7, 11) is 0. The molecule has 3 aromatic rings. The van der Waals surface area contributed by atoms with Crippen molar-refractivity contribution in [3.8, 4) is 0 Å². The molecular weight excluding hydrogens is 416 g/mol. The molecule has 0 fully saturated rings. The van der Waals surface area contributed by atoms with Crippen molar-refractivity contribution in [2.75, 3.05) is 6.54 Å². The fourth-order valence-corrected chi connectivity index (χ4v) is 4.48. The SMILES string of the molecule is CC(C)(C)OC(=O)N(CCc1c[nH]c2ccccc12)C1CCc2cc(/C=C/C(=O)O)ccc21. The van der Waals surface area contributed by atoms with E-state index >= 15 is 0 Å². The molecule has 1 unspecified atom stereocenters. The number of carboxylic acid groups (broad SMARTS) is 1. The number of aromatic nitrogens is 1. The van der Waals surface area contributed by atoms with E-state index in [4.69, 9.17) is 9.84 Å². The van der Waals surface area contributed by atoms with Crippen LogP contribution in [0.3, 0.4) is 0 Å². The highest BCUT2D eigenvalue weighted by Crippen LogP contribution is 2.37. The standard InChI is InChI=1S/C27H30N2O4/c1-27(2,3)33-26(32)29(15-14-20-17-28-23-7-5-4-6-21(20)23)24-12-10-19-16-18(8-11-22(19)24)9-13-25(30)31/h4-9,11,13,16-17,24,28H,10,12,14-15H2,1-3H3,(H,30,31)/b13-9+. The van der Waals surface area contributed by atoms with E-state index in [9.17, 15) is 9.59 Å². The summed E-state index contributed by atoms with van der Waals surface area (Å²) >= 11 is 0. The van der Waals surface area contributed by atoms with Gasteiger partial charge in [0.15, 0.2) is 0 Å². The highest BCUT2D eigenvalue weighted by Gasteiger charge is 2.33. The minimum absolute atomic E-state index is 0.0717. The van der Waals surface area contributed by atoms with Gasteiger partial charge in [0.2, 0.25) is 0 Å². The number of aryl methyl sites for hydroxylation is 1. The molecule has 2 N–H and O–H groups in total. The Morgan fingerprint density at radius 3 is 2.76 bits per heavy atom. The second-order valence-corrected chi connectivity index (χ2v) is 9.47. The molecule has 1 aromatic heterocycles. The van der Waals surface area contributed by atoms with E-state index in [2.05, 4.69) is 11.1 Å². The van der Waals surface area contributed by atoms with Gasteiger partial charge in [0, 0.05) is 29.7 Å². The summed E-state index contributed by atoms with van der Waals surface area (Å²) < 4.78 is 5.78. The molecule has 1 aliphatic rings. The van der Waals surface area contributed by atoms with Crippen LogP contribution in [-0.2, 0) is 22.4 Å². The first kappa shape index (κ1) is 22.6. The number of hydrogen-bond acceptors (Lipinski definition) is 3. The Bertz CT molecular complexity index is 1200. The summed E-state index contributed by atoms with van der Waals surface area (Å²) in [6, 6.07) is 14.0. The van der Waals surface area contributed by atoms with Gasteiger partial charge in [0.1, 0.15) is 5.60 Å². The van der Waals surface area contributed by atoms with Crippen LogP contribution >= 0.6 is 0 Å². The van der Waals surface area contributed by atoms with Crippen LogP contribution in [0.25, 0.3) is 17.0 Å². The molecule has 4 rings (SSSR count). The zero-order valence-corrected chi connectivity index (χ0v) is 19.3. The number of aromatic amines is 1. The molecule has 1 amide bonds. The number of carbonyl (C=O) groups is 2. The first-order valence-corrected chi connectivity index (χ1v) is 11.3. The maximum absolute atomic E-state index is 13.2. The Morgan fingerprint density at radius 1 is 1.21 bits per heavy atom. The quantitative estimate of drug-likeness (QED) is 0.474. The summed E-state index contributed by atoms with van der Waals surface area (Å²) in [6.07, 6.45) is 6.81. The van der Waals surface area contributed by atoms with Crippen LogP contribution in [0.2, 0.25) is 0 Å². The fourth-order valence-electron chi connectivity index (χ4n) is 4.48. The molecule has 1 atom stereocenters. The summed E-state index contributed by atoms with van der Waals surface area (Å²) in [5.41, 5.74) is 4.78. The molecule has 0 bridgehead atoms. The number of benzene rings is 2. The minimum atomic E-state index is -0.971. The van der Waals surface area contributed by atoms with Gasteiger partial charge in [-0.05, 0) is 74.4 Å². The number of para-hydroxylation sites is 1. The monoisotopic (exact) mass is 446 g/mol. The topological polar surface area (TPSA) is 82.6 Å². The summed E-state index contributed by atoms with van der Waals surface area (Å²) in [6.45, 7) is 6.19. The molecule has 6 nitrogen and oxygen atoms in total. The van der Waals surface area contributed by atoms with E-state index < -0.39 is 11.6 Å². The number of aliphatic carboxylic acids is 1. The van der Waals surface area contributed by atoms with Crippen LogP contribution in [0.4, 0.5) is 4.79 Å². The smallest absolute Gasteiger partial charge is 0.410 e. The van der Waals surface area contributed by atoms with Crippen molar-refractivity contribution < 1.29 is 19.4 Å². The van der Waals surface area contributed by atoms with E-state index in [-0.39, 0.29) is 12.1 Å². The molecule has 0 saturated carbocycles. The van der Waals surface area contributed by atoms with Crippen molar-refractivity contribution in [3.05, 3.63) is 77.0 Å². The Hall–Kier alpha value is -3.54. The van der Waals surface area contributed by atoms with Gasteiger partial charge in [-0.25, -0.2) is 9.59 Å². The maximum atomic E-state index is 13.2. The number of amides is 1. The zero-order chi connectivity index (χ0) is 23.6. The number of H-pyrrole nitrogens is 1. The van der Waals surface area contributed by atoms with E-state index in [0.717, 1.165) is 41.1 Å².